The van der Waals surface area contributed by atoms with Gasteiger partial charge in [-0.05, 0) is 18.2 Å². The second kappa shape index (κ2) is 7.52. The Morgan fingerprint density at radius 2 is 2.21 bits per heavy atom. The van der Waals surface area contributed by atoms with E-state index in [-0.39, 0.29) is 19.1 Å². The van der Waals surface area contributed by atoms with Crippen LogP contribution in [0.5, 0.6) is 5.75 Å². The molecule has 0 heterocycles. The van der Waals surface area contributed by atoms with E-state index in [1.165, 1.54) is 13.2 Å². The molecule has 1 aromatic carbocycles. The van der Waals surface area contributed by atoms with Crippen molar-refractivity contribution in [3.05, 3.63) is 23.8 Å². The third kappa shape index (κ3) is 5.09. The molecule has 106 valence electrons. The fourth-order valence-electron chi connectivity index (χ4n) is 1.39. The number of rotatable bonds is 7. The predicted molar refractivity (Wildman–Crippen MR) is 66.6 cm³/mol. The molecule has 0 aliphatic rings. The molecule has 5 nitrogen and oxygen atoms in total. The number of carbonyl (C=O) groups is 1. The van der Waals surface area contributed by atoms with E-state index in [0.29, 0.717) is 17.0 Å². The number of carbonyl (C=O) groups excluding carboxylic acids is 1. The van der Waals surface area contributed by atoms with E-state index in [1.807, 2.05) is 0 Å². The third-order valence-corrected chi connectivity index (χ3v) is 2.27. The summed E-state index contributed by atoms with van der Waals surface area (Å²) in [4.78, 5) is 11.7. The number of hydrogen-bond donors (Lipinski definition) is 2. The van der Waals surface area contributed by atoms with Gasteiger partial charge in [-0.1, -0.05) is 0 Å². The predicted octanol–water partition coefficient (Wildman–Crippen LogP) is 1.29. The highest BCUT2D eigenvalue weighted by atomic mass is 19.3. The number of nitrogens with one attached hydrogen (secondary N) is 1. The summed E-state index contributed by atoms with van der Waals surface area (Å²) < 4.78 is 33.1. The molecule has 0 bridgehead atoms. The lowest BCUT2D eigenvalue weighted by atomic mass is 10.2. The Morgan fingerprint density at radius 3 is 2.79 bits per heavy atom. The first-order valence-corrected chi connectivity index (χ1v) is 5.62. The highest BCUT2D eigenvalue weighted by Crippen LogP contribution is 2.21. The number of ether oxygens (including phenoxy) is 2. The van der Waals surface area contributed by atoms with Gasteiger partial charge in [-0.3, -0.25) is 4.79 Å². The Bertz CT molecular complexity index is 427. The number of alkyl halides is 2. The van der Waals surface area contributed by atoms with Crippen LogP contribution in [0.4, 0.5) is 14.5 Å². The molecule has 19 heavy (non-hydrogen) atoms. The molecule has 0 radical (unpaired) electrons. The summed E-state index contributed by atoms with van der Waals surface area (Å²) >= 11 is 0. The zero-order valence-corrected chi connectivity index (χ0v) is 10.5. The Kier molecular flexibility index (Phi) is 6.01. The Labute approximate surface area is 109 Å². The zero-order valence-electron chi connectivity index (χ0n) is 10.5. The van der Waals surface area contributed by atoms with Crippen LogP contribution in [0.1, 0.15) is 10.4 Å². The standard InChI is InChI=1S/C12H16F2N2O3/c1-18-10-3-2-8(6-9(10)15)12(17)16-4-5-19-7-11(13)14/h2-3,6,11H,4-5,7,15H2,1H3,(H,16,17). The van der Waals surface area contributed by atoms with Gasteiger partial charge in [0.25, 0.3) is 12.3 Å². The Balaban J connectivity index is 2.39. The summed E-state index contributed by atoms with van der Waals surface area (Å²) in [6, 6.07) is 4.62. The van der Waals surface area contributed by atoms with Crippen molar-refractivity contribution in [3.63, 3.8) is 0 Å². The largest absolute Gasteiger partial charge is 0.495 e. The van der Waals surface area contributed by atoms with Crippen LogP contribution in [0, 0.1) is 0 Å². The van der Waals surface area contributed by atoms with E-state index in [1.54, 1.807) is 12.1 Å². The summed E-state index contributed by atoms with van der Waals surface area (Å²) in [6.45, 7) is -0.454. The van der Waals surface area contributed by atoms with Gasteiger partial charge in [0.1, 0.15) is 12.4 Å². The summed E-state index contributed by atoms with van der Waals surface area (Å²) in [6.07, 6.45) is -2.50. The number of hydrogen-bond acceptors (Lipinski definition) is 4. The lowest BCUT2D eigenvalue weighted by molar-refractivity contribution is 0.0188. The van der Waals surface area contributed by atoms with Crippen molar-refractivity contribution in [3.8, 4) is 5.75 Å². The number of anilines is 1. The SMILES string of the molecule is COc1ccc(C(=O)NCCOCC(F)F)cc1N. The molecule has 0 spiro atoms. The third-order valence-electron chi connectivity index (χ3n) is 2.27. The fraction of sp³-hybridized carbons (Fsp3) is 0.417. The first kappa shape index (κ1) is 15.2. The van der Waals surface area contributed by atoms with Crippen molar-refractivity contribution >= 4 is 11.6 Å². The first-order chi connectivity index (χ1) is 9.04. The second-order valence-electron chi connectivity index (χ2n) is 3.68. The summed E-state index contributed by atoms with van der Waals surface area (Å²) in [5.41, 5.74) is 6.39. The quantitative estimate of drug-likeness (QED) is 0.580. The molecule has 3 N–H and O–H groups in total. The first-order valence-electron chi connectivity index (χ1n) is 5.62. The van der Waals surface area contributed by atoms with E-state index in [2.05, 4.69) is 10.1 Å². The molecular weight excluding hydrogens is 258 g/mol. The highest BCUT2D eigenvalue weighted by molar-refractivity contribution is 5.95. The van der Waals surface area contributed by atoms with E-state index < -0.39 is 13.0 Å². The molecule has 0 saturated carbocycles. The molecule has 0 atom stereocenters. The number of halogens is 2. The number of benzene rings is 1. The number of methoxy groups -OCH3 is 1. The van der Waals surface area contributed by atoms with Crippen molar-refractivity contribution in [2.45, 2.75) is 6.43 Å². The van der Waals surface area contributed by atoms with Crippen LogP contribution in [0.25, 0.3) is 0 Å². The van der Waals surface area contributed by atoms with Crippen LogP contribution in [-0.2, 0) is 4.74 Å². The van der Waals surface area contributed by atoms with Crippen molar-refractivity contribution in [2.75, 3.05) is 32.6 Å². The maximum atomic E-state index is 11.8. The van der Waals surface area contributed by atoms with Crippen molar-refractivity contribution in [1.82, 2.24) is 5.32 Å². The molecule has 0 aromatic heterocycles. The van der Waals surface area contributed by atoms with Gasteiger partial charge in [-0.15, -0.1) is 0 Å². The molecule has 1 amide bonds. The molecule has 7 heteroatoms. The Hall–Kier alpha value is -1.89. The van der Waals surface area contributed by atoms with Gasteiger partial charge in [0, 0.05) is 12.1 Å². The molecule has 0 unspecified atom stereocenters. The maximum absolute atomic E-state index is 11.8. The minimum atomic E-state index is -2.50. The topological polar surface area (TPSA) is 73.6 Å². The van der Waals surface area contributed by atoms with Gasteiger partial charge in [-0.2, -0.15) is 0 Å². The highest BCUT2D eigenvalue weighted by Gasteiger charge is 2.08. The zero-order chi connectivity index (χ0) is 14.3. The van der Waals surface area contributed by atoms with Crippen LogP contribution >= 0.6 is 0 Å². The summed E-state index contributed by atoms with van der Waals surface area (Å²) in [5.74, 6) is 0.131. The van der Waals surface area contributed by atoms with E-state index in [4.69, 9.17) is 10.5 Å². The van der Waals surface area contributed by atoms with Crippen LogP contribution in [0.3, 0.4) is 0 Å². The maximum Gasteiger partial charge on any atom is 0.261 e. The number of amides is 1. The lowest BCUT2D eigenvalue weighted by Gasteiger charge is -2.08. The van der Waals surface area contributed by atoms with E-state index >= 15 is 0 Å². The molecular formula is C12H16F2N2O3. The molecule has 1 rings (SSSR count). The van der Waals surface area contributed by atoms with E-state index in [0.717, 1.165) is 0 Å². The van der Waals surface area contributed by atoms with Crippen LogP contribution in [-0.4, -0.2) is 39.2 Å². The van der Waals surface area contributed by atoms with Crippen LogP contribution in [0.15, 0.2) is 18.2 Å². The fourth-order valence-corrected chi connectivity index (χ4v) is 1.39. The number of nitrogens with two attached hydrogens (primary N) is 1. The van der Waals surface area contributed by atoms with Gasteiger partial charge < -0.3 is 20.5 Å². The smallest absolute Gasteiger partial charge is 0.261 e. The van der Waals surface area contributed by atoms with Gasteiger partial charge in [0.15, 0.2) is 0 Å². The number of nitrogen functional groups attached to an aromatic ring is 1. The summed E-state index contributed by atoms with van der Waals surface area (Å²) in [7, 11) is 1.48. The van der Waals surface area contributed by atoms with Gasteiger partial charge in [0.2, 0.25) is 0 Å². The molecule has 0 saturated heterocycles. The van der Waals surface area contributed by atoms with Gasteiger partial charge in [0.05, 0.1) is 19.4 Å². The monoisotopic (exact) mass is 274 g/mol. The Morgan fingerprint density at radius 1 is 1.47 bits per heavy atom. The molecule has 0 fully saturated rings. The van der Waals surface area contributed by atoms with Crippen molar-refractivity contribution in [2.24, 2.45) is 0 Å². The van der Waals surface area contributed by atoms with Crippen molar-refractivity contribution < 1.29 is 23.0 Å². The second-order valence-corrected chi connectivity index (χ2v) is 3.68. The average Bonchev–Trinajstić information content (AvgIpc) is 2.37. The molecule has 0 aliphatic heterocycles. The van der Waals surface area contributed by atoms with Crippen LogP contribution < -0.4 is 15.8 Å². The van der Waals surface area contributed by atoms with E-state index in [9.17, 15) is 13.6 Å². The van der Waals surface area contributed by atoms with Gasteiger partial charge >= 0.3 is 0 Å². The molecule has 1 aromatic rings. The molecule has 0 aliphatic carbocycles. The lowest BCUT2D eigenvalue weighted by Crippen LogP contribution is -2.27. The normalized spacial score (nSPS) is 10.5. The van der Waals surface area contributed by atoms with Crippen LogP contribution in [0.2, 0.25) is 0 Å². The average molecular weight is 274 g/mol. The minimum Gasteiger partial charge on any atom is -0.495 e. The minimum absolute atomic E-state index is 0.0295. The summed E-state index contributed by atoms with van der Waals surface area (Å²) in [5, 5.41) is 2.53. The van der Waals surface area contributed by atoms with Crippen molar-refractivity contribution in [1.29, 1.82) is 0 Å². The van der Waals surface area contributed by atoms with Gasteiger partial charge in [-0.25, -0.2) is 8.78 Å².